The molecule has 5 nitrogen and oxygen atoms in total. The third-order valence-corrected chi connectivity index (χ3v) is 4.31. The lowest BCUT2D eigenvalue weighted by Crippen LogP contribution is -2.46. The molecule has 1 saturated heterocycles. The molecular formula is C15H17BrFNO4. The first kappa shape index (κ1) is 16.7. The molecule has 1 amide bonds. The molecule has 1 N–H and O–H groups in total. The average molecular weight is 374 g/mol. The van der Waals surface area contributed by atoms with Crippen LogP contribution in [0.1, 0.15) is 13.3 Å². The summed E-state index contributed by atoms with van der Waals surface area (Å²) in [6.45, 7) is 2.31. The van der Waals surface area contributed by atoms with Gasteiger partial charge >= 0.3 is 5.97 Å². The highest BCUT2D eigenvalue weighted by atomic mass is 79.9. The largest absolute Gasteiger partial charge is 0.481 e. The highest BCUT2D eigenvalue weighted by Crippen LogP contribution is 2.24. The van der Waals surface area contributed by atoms with E-state index in [4.69, 9.17) is 9.84 Å². The molecule has 1 aromatic rings. The van der Waals surface area contributed by atoms with Crippen molar-refractivity contribution in [3.05, 3.63) is 28.5 Å². The van der Waals surface area contributed by atoms with Gasteiger partial charge in [0.15, 0.2) is 18.2 Å². The van der Waals surface area contributed by atoms with Crippen molar-refractivity contribution in [3.8, 4) is 5.75 Å². The van der Waals surface area contributed by atoms with Gasteiger partial charge in [-0.2, -0.15) is 0 Å². The van der Waals surface area contributed by atoms with Crippen molar-refractivity contribution in [2.45, 2.75) is 13.3 Å². The van der Waals surface area contributed by atoms with Crippen molar-refractivity contribution in [2.24, 2.45) is 11.8 Å². The Bertz CT molecular complexity index is 581. The van der Waals surface area contributed by atoms with E-state index >= 15 is 0 Å². The molecule has 0 spiro atoms. The Balaban J connectivity index is 1.89. The van der Waals surface area contributed by atoms with E-state index in [9.17, 15) is 14.0 Å². The van der Waals surface area contributed by atoms with Gasteiger partial charge in [-0.1, -0.05) is 22.9 Å². The van der Waals surface area contributed by atoms with E-state index in [1.807, 2.05) is 6.92 Å². The quantitative estimate of drug-likeness (QED) is 0.880. The van der Waals surface area contributed by atoms with Gasteiger partial charge in [0.05, 0.1) is 5.92 Å². The van der Waals surface area contributed by atoms with E-state index in [2.05, 4.69) is 15.9 Å². The molecule has 1 aliphatic rings. The summed E-state index contributed by atoms with van der Waals surface area (Å²) in [7, 11) is 0. The van der Waals surface area contributed by atoms with Gasteiger partial charge < -0.3 is 14.7 Å². The van der Waals surface area contributed by atoms with Crippen molar-refractivity contribution in [2.75, 3.05) is 19.7 Å². The van der Waals surface area contributed by atoms with Gasteiger partial charge in [-0.3, -0.25) is 9.59 Å². The van der Waals surface area contributed by atoms with E-state index in [0.29, 0.717) is 24.0 Å². The number of amides is 1. The molecule has 0 radical (unpaired) electrons. The molecule has 2 unspecified atom stereocenters. The molecule has 7 heteroatoms. The van der Waals surface area contributed by atoms with Crippen LogP contribution in [0.15, 0.2) is 22.7 Å². The topological polar surface area (TPSA) is 66.8 Å². The molecule has 2 rings (SSSR count). The number of benzene rings is 1. The number of hydrogen-bond donors (Lipinski definition) is 1. The fourth-order valence-electron chi connectivity index (χ4n) is 2.56. The van der Waals surface area contributed by atoms with Crippen LogP contribution < -0.4 is 4.74 Å². The Kier molecular flexibility index (Phi) is 5.39. The number of nitrogens with zero attached hydrogens (tertiary/aromatic N) is 1. The first-order valence-corrected chi connectivity index (χ1v) is 7.76. The van der Waals surface area contributed by atoms with Gasteiger partial charge in [-0.15, -0.1) is 0 Å². The molecule has 22 heavy (non-hydrogen) atoms. The number of carbonyl (C=O) groups excluding carboxylic acids is 1. The molecule has 1 aromatic carbocycles. The van der Waals surface area contributed by atoms with Gasteiger partial charge in [-0.25, -0.2) is 4.39 Å². The summed E-state index contributed by atoms with van der Waals surface area (Å²) < 4.78 is 19.4. The standard InChI is InChI=1S/C15H17BrFNO4/c1-9-7-18(5-4-11(9)15(20)21)14(19)8-22-13-3-2-10(16)6-12(13)17/h2-3,6,9,11H,4-5,7-8H2,1H3,(H,20,21). The molecule has 2 atom stereocenters. The Morgan fingerprint density at radius 1 is 1.50 bits per heavy atom. The summed E-state index contributed by atoms with van der Waals surface area (Å²) in [6.07, 6.45) is 0.425. The number of rotatable bonds is 4. The van der Waals surface area contributed by atoms with Crippen LogP contribution in [0.25, 0.3) is 0 Å². The number of carbonyl (C=O) groups is 2. The first-order chi connectivity index (χ1) is 10.4. The summed E-state index contributed by atoms with van der Waals surface area (Å²) in [6, 6.07) is 4.34. The van der Waals surface area contributed by atoms with Crippen molar-refractivity contribution in [1.29, 1.82) is 0 Å². The van der Waals surface area contributed by atoms with Crippen molar-refractivity contribution >= 4 is 27.8 Å². The van der Waals surface area contributed by atoms with Crippen molar-refractivity contribution < 1.29 is 23.8 Å². The van der Waals surface area contributed by atoms with E-state index in [1.165, 1.54) is 12.1 Å². The van der Waals surface area contributed by atoms with E-state index in [0.717, 1.165) is 0 Å². The maximum Gasteiger partial charge on any atom is 0.306 e. The maximum absolute atomic E-state index is 13.6. The third kappa shape index (κ3) is 3.97. The maximum atomic E-state index is 13.6. The number of hydrogen-bond acceptors (Lipinski definition) is 3. The summed E-state index contributed by atoms with van der Waals surface area (Å²) in [5.41, 5.74) is 0. The van der Waals surface area contributed by atoms with Crippen LogP contribution in [0.4, 0.5) is 4.39 Å². The molecule has 1 fully saturated rings. The van der Waals surface area contributed by atoms with Gasteiger partial charge in [-0.05, 0) is 30.5 Å². The monoisotopic (exact) mass is 373 g/mol. The van der Waals surface area contributed by atoms with Crippen molar-refractivity contribution in [1.82, 2.24) is 4.90 Å². The summed E-state index contributed by atoms with van der Waals surface area (Å²) in [4.78, 5) is 24.7. The number of aliphatic carboxylic acids is 1. The summed E-state index contributed by atoms with van der Waals surface area (Å²) >= 11 is 3.14. The number of carboxylic acids is 1. The van der Waals surface area contributed by atoms with Crippen LogP contribution in [-0.4, -0.2) is 41.6 Å². The number of carboxylic acid groups (broad SMARTS) is 1. The van der Waals surface area contributed by atoms with Crippen LogP contribution in [0.5, 0.6) is 5.75 Å². The number of halogens is 2. The van der Waals surface area contributed by atoms with E-state index in [-0.39, 0.29) is 24.2 Å². The summed E-state index contributed by atoms with van der Waals surface area (Å²) in [5, 5.41) is 9.06. The predicted octanol–water partition coefficient (Wildman–Crippen LogP) is 2.54. The number of piperidine rings is 1. The molecule has 1 heterocycles. The first-order valence-electron chi connectivity index (χ1n) is 6.97. The summed E-state index contributed by atoms with van der Waals surface area (Å²) in [5.74, 6) is -2.15. The SMILES string of the molecule is CC1CN(C(=O)COc2ccc(Br)cc2F)CCC1C(=O)O. The number of likely N-dealkylation sites (tertiary alicyclic amines) is 1. The lowest BCUT2D eigenvalue weighted by atomic mass is 9.87. The van der Waals surface area contributed by atoms with Crippen LogP contribution in [0.3, 0.4) is 0 Å². The highest BCUT2D eigenvalue weighted by molar-refractivity contribution is 9.10. The normalized spacial score (nSPS) is 21.5. The Morgan fingerprint density at radius 3 is 2.82 bits per heavy atom. The lowest BCUT2D eigenvalue weighted by molar-refractivity contribution is -0.148. The van der Waals surface area contributed by atoms with Gasteiger partial charge in [0.2, 0.25) is 0 Å². The Morgan fingerprint density at radius 2 is 2.23 bits per heavy atom. The molecule has 0 saturated carbocycles. The average Bonchev–Trinajstić information content (AvgIpc) is 2.45. The minimum atomic E-state index is -0.826. The van der Waals surface area contributed by atoms with Crippen LogP contribution in [-0.2, 0) is 9.59 Å². The zero-order valence-electron chi connectivity index (χ0n) is 12.1. The minimum absolute atomic E-state index is 0.0185. The van der Waals surface area contributed by atoms with Gasteiger partial charge in [0.1, 0.15) is 0 Å². The molecular weight excluding hydrogens is 357 g/mol. The van der Waals surface area contributed by atoms with Crippen LogP contribution >= 0.6 is 15.9 Å². The van der Waals surface area contributed by atoms with E-state index in [1.54, 1.807) is 11.0 Å². The van der Waals surface area contributed by atoms with Crippen molar-refractivity contribution in [3.63, 3.8) is 0 Å². The van der Waals surface area contributed by atoms with E-state index < -0.39 is 17.7 Å². The molecule has 1 aliphatic heterocycles. The second-order valence-electron chi connectivity index (χ2n) is 5.41. The molecule has 0 bridgehead atoms. The second kappa shape index (κ2) is 7.09. The van der Waals surface area contributed by atoms with Gasteiger partial charge in [0, 0.05) is 17.6 Å². The minimum Gasteiger partial charge on any atom is -0.481 e. The molecule has 0 aromatic heterocycles. The third-order valence-electron chi connectivity index (χ3n) is 3.82. The lowest BCUT2D eigenvalue weighted by Gasteiger charge is -2.34. The zero-order chi connectivity index (χ0) is 16.3. The fourth-order valence-corrected chi connectivity index (χ4v) is 2.90. The smallest absolute Gasteiger partial charge is 0.306 e. The predicted molar refractivity (Wildman–Crippen MR) is 81.1 cm³/mol. The fraction of sp³-hybridized carbons (Fsp3) is 0.467. The number of ether oxygens (including phenoxy) is 1. The molecule has 120 valence electrons. The zero-order valence-corrected chi connectivity index (χ0v) is 13.7. The highest BCUT2D eigenvalue weighted by Gasteiger charge is 2.33. The van der Waals surface area contributed by atoms with Crippen LogP contribution in [0, 0.1) is 17.7 Å². The Labute approximate surface area is 136 Å². The Hall–Kier alpha value is -1.63. The second-order valence-corrected chi connectivity index (χ2v) is 6.33. The van der Waals surface area contributed by atoms with Crippen LogP contribution in [0.2, 0.25) is 0 Å². The van der Waals surface area contributed by atoms with Gasteiger partial charge in [0.25, 0.3) is 5.91 Å². The molecule has 0 aliphatic carbocycles.